The number of fused-ring (bicyclic) bond motifs is 1. The molecule has 206 valence electrons. The van der Waals surface area contributed by atoms with Crippen LogP contribution in [0.25, 0.3) is 6.08 Å². The molecular weight excluding hydrogens is 520 g/mol. The lowest BCUT2D eigenvalue weighted by atomic mass is 9.93. The summed E-state index contributed by atoms with van der Waals surface area (Å²) in [5.41, 5.74) is 1.89. The minimum absolute atomic E-state index is 0.186. The minimum atomic E-state index is -0.827. The number of esters is 1. The summed E-state index contributed by atoms with van der Waals surface area (Å²) in [6.45, 7) is 3.94. The van der Waals surface area contributed by atoms with Gasteiger partial charge in [-0.25, -0.2) is 9.79 Å². The zero-order valence-corrected chi connectivity index (χ0v) is 23.7. The highest BCUT2D eigenvalue weighted by molar-refractivity contribution is 7.07. The Hall–Kier alpha value is -4.05. The van der Waals surface area contributed by atoms with Crippen molar-refractivity contribution in [3.05, 3.63) is 78.5 Å². The van der Waals surface area contributed by atoms with E-state index in [9.17, 15) is 9.59 Å². The van der Waals surface area contributed by atoms with Crippen LogP contribution in [0, 0.1) is 0 Å². The van der Waals surface area contributed by atoms with E-state index < -0.39 is 12.0 Å². The average molecular weight is 553 g/mol. The van der Waals surface area contributed by atoms with Gasteiger partial charge >= 0.3 is 5.97 Å². The molecule has 1 aliphatic heterocycles. The molecule has 0 fully saturated rings. The Morgan fingerprint density at radius 2 is 1.67 bits per heavy atom. The van der Waals surface area contributed by atoms with Gasteiger partial charge in [0, 0.05) is 17.2 Å². The lowest BCUT2D eigenvalue weighted by Crippen LogP contribution is -2.40. The van der Waals surface area contributed by atoms with Gasteiger partial charge in [0.15, 0.2) is 4.80 Å². The van der Waals surface area contributed by atoms with E-state index >= 15 is 0 Å². The Labute approximate surface area is 230 Å². The molecule has 4 rings (SSSR count). The largest absolute Gasteiger partial charge is 0.497 e. The molecule has 0 saturated carbocycles. The van der Waals surface area contributed by atoms with Gasteiger partial charge in [-0.15, -0.1) is 0 Å². The third-order valence-electron chi connectivity index (χ3n) is 6.35. The van der Waals surface area contributed by atoms with E-state index in [1.165, 1.54) is 15.9 Å². The first-order valence-corrected chi connectivity index (χ1v) is 13.4. The Kier molecular flexibility index (Phi) is 8.75. The molecule has 10 heteroatoms. The van der Waals surface area contributed by atoms with Gasteiger partial charge in [-0.2, -0.15) is 0 Å². The zero-order chi connectivity index (χ0) is 28.1. The van der Waals surface area contributed by atoms with Crippen LogP contribution in [0.4, 0.5) is 0 Å². The van der Waals surface area contributed by atoms with Crippen molar-refractivity contribution < 1.29 is 28.5 Å². The van der Waals surface area contributed by atoms with E-state index in [0.717, 1.165) is 6.42 Å². The number of hydrogen-bond acceptors (Lipinski definition) is 9. The molecule has 39 heavy (non-hydrogen) atoms. The van der Waals surface area contributed by atoms with E-state index in [2.05, 4.69) is 0 Å². The van der Waals surface area contributed by atoms with Crippen molar-refractivity contribution >= 4 is 23.4 Å². The first-order valence-electron chi connectivity index (χ1n) is 12.6. The van der Waals surface area contributed by atoms with E-state index in [0.29, 0.717) is 61.1 Å². The van der Waals surface area contributed by atoms with Gasteiger partial charge < -0.3 is 23.7 Å². The first-order chi connectivity index (χ1) is 18.9. The van der Waals surface area contributed by atoms with Crippen molar-refractivity contribution in [1.82, 2.24) is 4.57 Å². The van der Waals surface area contributed by atoms with Gasteiger partial charge in [-0.1, -0.05) is 24.7 Å². The second-order valence-corrected chi connectivity index (χ2v) is 9.64. The summed E-state index contributed by atoms with van der Waals surface area (Å²) in [6, 6.07) is 9.86. The van der Waals surface area contributed by atoms with Gasteiger partial charge in [0.05, 0.1) is 50.8 Å². The summed E-state index contributed by atoms with van der Waals surface area (Å²) in [4.78, 5) is 32.7. The molecule has 1 aliphatic rings. The monoisotopic (exact) mass is 552 g/mol. The van der Waals surface area contributed by atoms with Crippen LogP contribution in [-0.2, 0) is 9.53 Å². The number of benzene rings is 2. The Balaban J connectivity index is 2.05. The fourth-order valence-corrected chi connectivity index (χ4v) is 5.56. The highest BCUT2D eigenvalue weighted by atomic mass is 32.1. The smallest absolute Gasteiger partial charge is 0.338 e. The van der Waals surface area contributed by atoms with Crippen LogP contribution in [-0.4, -0.2) is 45.6 Å². The van der Waals surface area contributed by atoms with Crippen LogP contribution in [0.3, 0.4) is 0 Å². The number of ether oxygens (including phenoxy) is 5. The van der Waals surface area contributed by atoms with Crippen LogP contribution < -0.4 is 33.8 Å². The SMILES string of the molecule is CCCC1=C(C(=O)OCC)[C@H](c2cc(OC)ccc2OC)n2c(s/c(=C\c3ccc(OC)cc3OC)c2=O)=N1. The van der Waals surface area contributed by atoms with Crippen molar-refractivity contribution in [3.8, 4) is 23.0 Å². The van der Waals surface area contributed by atoms with Crippen LogP contribution in [0.1, 0.15) is 43.9 Å². The Bertz CT molecular complexity index is 1590. The van der Waals surface area contributed by atoms with E-state index in [-0.39, 0.29) is 12.2 Å². The molecule has 2 aromatic carbocycles. The molecule has 9 nitrogen and oxygen atoms in total. The van der Waals surface area contributed by atoms with E-state index in [1.54, 1.807) is 71.8 Å². The standard InChI is InChI=1S/C29H32N2O7S/c1-7-9-21-25(28(33)38-8-2)26(20-15-18(34-3)12-13-22(20)36-5)31-27(32)24(39-29(31)30-21)14-17-10-11-19(35-4)16-23(17)37-6/h10-16,26H,7-9H2,1-6H3/b24-14-/t26-/m0/s1. The van der Waals surface area contributed by atoms with Crippen LogP contribution in [0.5, 0.6) is 23.0 Å². The van der Waals surface area contributed by atoms with E-state index in [4.69, 9.17) is 28.7 Å². The summed E-state index contributed by atoms with van der Waals surface area (Å²) in [6.07, 6.45) is 3.05. The lowest BCUT2D eigenvalue weighted by molar-refractivity contribution is -0.139. The van der Waals surface area contributed by atoms with Crippen molar-refractivity contribution in [2.45, 2.75) is 32.7 Å². The number of carbonyl (C=O) groups is 1. The number of aromatic nitrogens is 1. The fraction of sp³-hybridized carbons (Fsp3) is 0.345. The van der Waals surface area contributed by atoms with Crippen LogP contribution >= 0.6 is 11.3 Å². The maximum absolute atomic E-state index is 14.0. The lowest BCUT2D eigenvalue weighted by Gasteiger charge is -2.27. The maximum atomic E-state index is 14.0. The highest BCUT2D eigenvalue weighted by Crippen LogP contribution is 2.38. The fourth-order valence-electron chi connectivity index (χ4n) is 4.55. The van der Waals surface area contributed by atoms with Crippen molar-refractivity contribution in [2.75, 3.05) is 35.0 Å². The maximum Gasteiger partial charge on any atom is 0.338 e. The molecule has 2 heterocycles. The van der Waals surface area contributed by atoms with Gasteiger partial charge in [-0.05, 0) is 49.8 Å². The summed E-state index contributed by atoms with van der Waals surface area (Å²) >= 11 is 1.25. The summed E-state index contributed by atoms with van der Waals surface area (Å²) < 4.78 is 29.4. The summed E-state index contributed by atoms with van der Waals surface area (Å²) in [7, 11) is 6.25. The normalized spacial score (nSPS) is 14.9. The number of thiazole rings is 1. The molecule has 0 aliphatic carbocycles. The predicted molar refractivity (Wildman–Crippen MR) is 149 cm³/mol. The number of carbonyl (C=O) groups excluding carboxylic acids is 1. The van der Waals surface area contributed by atoms with Gasteiger partial charge in [0.2, 0.25) is 0 Å². The molecule has 3 aromatic rings. The van der Waals surface area contributed by atoms with Gasteiger partial charge in [0.25, 0.3) is 5.56 Å². The quantitative estimate of drug-likeness (QED) is 0.355. The molecule has 0 spiro atoms. The topological polar surface area (TPSA) is 97.6 Å². The molecule has 1 aromatic heterocycles. The second kappa shape index (κ2) is 12.2. The van der Waals surface area contributed by atoms with Crippen molar-refractivity contribution in [2.24, 2.45) is 4.99 Å². The van der Waals surface area contributed by atoms with Crippen molar-refractivity contribution in [1.29, 1.82) is 0 Å². The number of hydrogen-bond donors (Lipinski definition) is 0. The third kappa shape index (κ3) is 5.42. The van der Waals surface area contributed by atoms with E-state index in [1.807, 2.05) is 13.0 Å². The molecule has 0 radical (unpaired) electrons. The highest BCUT2D eigenvalue weighted by Gasteiger charge is 2.36. The Morgan fingerprint density at radius 3 is 2.31 bits per heavy atom. The summed E-state index contributed by atoms with van der Waals surface area (Å²) in [5.74, 6) is 1.74. The molecule has 0 bridgehead atoms. The predicted octanol–water partition coefficient (Wildman–Crippen LogP) is 3.61. The van der Waals surface area contributed by atoms with Crippen LogP contribution in [0.2, 0.25) is 0 Å². The average Bonchev–Trinajstić information content (AvgIpc) is 3.26. The number of methoxy groups -OCH3 is 4. The zero-order valence-electron chi connectivity index (χ0n) is 22.9. The minimum Gasteiger partial charge on any atom is -0.497 e. The molecular formula is C29H32N2O7S. The molecule has 0 unspecified atom stereocenters. The number of rotatable bonds is 10. The third-order valence-corrected chi connectivity index (χ3v) is 7.33. The molecule has 0 saturated heterocycles. The molecule has 0 amide bonds. The molecule has 0 N–H and O–H groups in total. The second-order valence-electron chi connectivity index (χ2n) is 8.63. The number of nitrogens with zero attached hydrogens (tertiary/aromatic N) is 2. The molecule has 1 atom stereocenters. The Morgan fingerprint density at radius 1 is 0.974 bits per heavy atom. The van der Waals surface area contributed by atoms with Crippen LogP contribution in [0.15, 0.2) is 57.5 Å². The van der Waals surface area contributed by atoms with Gasteiger partial charge in [0.1, 0.15) is 29.0 Å². The van der Waals surface area contributed by atoms with Crippen molar-refractivity contribution in [3.63, 3.8) is 0 Å². The van der Waals surface area contributed by atoms with Gasteiger partial charge in [-0.3, -0.25) is 9.36 Å². The summed E-state index contributed by atoms with van der Waals surface area (Å²) in [5, 5.41) is 0. The first kappa shape index (κ1) is 28.0. The number of allylic oxidation sites excluding steroid dienone is 1.